The molecule has 1 aromatic rings. The van der Waals surface area contributed by atoms with Gasteiger partial charge in [0.05, 0.1) is 13.3 Å². The molecule has 0 bridgehead atoms. The Morgan fingerprint density at radius 2 is 2.12 bits per heavy atom. The molecule has 0 amide bonds. The van der Waals surface area contributed by atoms with Crippen molar-refractivity contribution in [3.05, 3.63) is 41.1 Å². The summed E-state index contributed by atoms with van der Waals surface area (Å²) in [7, 11) is 0. The molecule has 1 fully saturated rings. The fourth-order valence-electron chi connectivity index (χ4n) is 4.13. The molecule has 24 heavy (non-hydrogen) atoms. The van der Waals surface area contributed by atoms with Gasteiger partial charge in [0.15, 0.2) is 0 Å². The normalized spacial score (nSPS) is 24.6. The summed E-state index contributed by atoms with van der Waals surface area (Å²) in [5.74, 6) is 1.67. The number of benzene rings is 1. The fourth-order valence-corrected chi connectivity index (χ4v) is 4.13. The van der Waals surface area contributed by atoms with Crippen molar-refractivity contribution in [2.24, 2.45) is 5.92 Å². The highest BCUT2D eigenvalue weighted by atomic mass is 16.5. The highest BCUT2D eigenvalue weighted by Crippen LogP contribution is 2.29. The second-order valence-electron chi connectivity index (χ2n) is 7.41. The fraction of sp³-hybridized carbons (Fsp3) is 0.600. The first-order valence-corrected chi connectivity index (χ1v) is 9.46. The van der Waals surface area contributed by atoms with Crippen molar-refractivity contribution in [2.75, 3.05) is 32.9 Å². The summed E-state index contributed by atoms with van der Waals surface area (Å²) >= 11 is 0. The van der Waals surface area contributed by atoms with E-state index in [1.54, 1.807) is 5.57 Å². The van der Waals surface area contributed by atoms with Crippen molar-refractivity contribution >= 4 is 0 Å². The summed E-state index contributed by atoms with van der Waals surface area (Å²) in [6.07, 6.45) is 6.29. The predicted molar refractivity (Wildman–Crippen MR) is 96.8 cm³/mol. The minimum absolute atomic E-state index is 0.636. The van der Waals surface area contributed by atoms with Gasteiger partial charge in [-0.25, -0.2) is 0 Å². The van der Waals surface area contributed by atoms with Gasteiger partial charge < -0.3 is 10.1 Å². The molecule has 1 aromatic carbocycles. The van der Waals surface area contributed by atoms with Crippen LogP contribution in [0.2, 0.25) is 0 Å². The topological polar surface area (TPSA) is 36.5 Å². The summed E-state index contributed by atoms with van der Waals surface area (Å²) in [6.45, 7) is 6.35. The summed E-state index contributed by atoms with van der Waals surface area (Å²) in [5.41, 5.74) is 4.42. The van der Waals surface area contributed by atoms with Gasteiger partial charge in [-0.3, -0.25) is 10.2 Å². The third-order valence-electron chi connectivity index (χ3n) is 5.53. The van der Waals surface area contributed by atoms with E-state index in [1.165, 1.54) is 50.0 Å². The van der Waals surface area contributed by atoms with Gasteiger partial charge in [0.25, 0.3) is 0 Å². The number of allylic oxidation sites excluding steroid dienone is 1. The molecule has 1 atom stereocenters. The number of likely N-dealkylation sites (tertiary alicyclic amines) is 1. The van der Waals surface area contributed by atoms with Gasteiger partial charge in [-0.2, -0.15) is 0 Å². The molecule has 1 saturated heterocycles. The van der Waals surface area contributed by atoms with E-state index in [-0.39, 0.29) is 0 Å². The molecular formula is C20H29N3O. The smallest absolute Gasteiger partial charge is 0.119 e. The van der Waals surface area contributed by atoms with Crippen LogP contribution in [-0.2, 0) is 6.54 Å². The van der Waals surface area contributed by atoms with Gasteiger partial charge >= 0.3 is 0 Å². The van der Waals surface area contributed by atoms with Gasteiger partial charge in [-0.15, -0.1) is 0 Å². The van der Waals surface area contributed by atoms with Crippen molar-refractivity contribution in [1.82, 2.24) is 15.5 Å². The maximum atomic E-state index is 6.15. The van der Waals surface area contributed by atoms with Crippen LogP contribution in [0, 0.1) is 5.92 Å². The molecule has 0 aromatic heterocycles. The van der Waals surface area contributed by atoms with Gasteiger partial charge in [-0.05, 0) is 74.4 Å². The standard InChI is InChI=1S/C20H29N3O/c1-2-9-23(8-1)13-16-4-3-5-19(10-16)24-14-17-6-7-18-12-21-15-22-20(18)11-17/h3-5,10,17,21-22H,1-2,6-9,11-15H2/t17-/m1/s1. The van der Waals surface area contributed by atoms with Crippen molar-refractivity contribution in [3.8, 4) is 5.75 Å². The maximum absolute atomic E-state index is 6.15. The number of rotatable bonds is 5. The highest BCUT2D eigenvalue weighted by molar-refractivity contribution is 5.28. The van der Waals surface area contributed by atoms with Crippen LogP contribution in [-0.4, -0.2) is 37.8 Å². The van der Waals surface area contributed by atoms with E-state index in [0.29, 0.717) is 5.92 Å². The molecular weight excluding hydrogens is 298 g/mol. The molecule has 3 aliphatic rings. The van der Waals surface area contributed by atoms with Crippen molar-refractivity contribution in [1.29, 1.82) is 0 Å². The molecule has 0 spiro atoms. The molecule has 1 aliphatic carbocycles. The van der Waals surface area contributed by atoms with E-state index >= 15 is 0 Å². The van der Waals surface area contributed by atoms with Crippen LogP contribution in [0.15, 0.2) is 35.5 Å². The predicted octanol–water partition coefficient (Wildman–Crippen LogP) is 2.87. The van der Waals surface area contributed by atoms with Gasteiger partial charge in [0.2, 0.25) is 0 Å². The van der Waals surface area contributed by atoms with E-state index in [4.69, 9.17) is 4.74 Å². The van der Waals surface area contributed by atoms with Gasteiger partial charge in [-0.1, -0.05) is 12.1 Å². The molecule has 4 heteroatoms. The van der Waals surface area contributed by atoms with E-state index in [0.717, 1.165) is 38.5 Å². The van der Waals surface area contributed by atoms with E-state index in [2.05, 4.69) is 39.8 Å². The SMILES string of the molecule is c1cc(CN2CCCC2)cc(OC[C@@H]2CCC3=C(C2)NCNC3)c1. The average Bonchev–Trinajstić information content (AvgIpc) is 3.13. The van der Waals surface area contributed by atoms with Gasteiger partial charge in [0.1, 0.15) is 5.75 Å². The zero-order valence-electron chi connectivity index (χ0n) is 14.5. The summed E-state index contributed by atoms with van der Waals surface area (Å²) < 4.78 is 6.15. The summed E-state index contributed by atoms with van der Waals surface area (Å²) in [5, 5.41) is 6.89. The van der Waals surface area contributed by atoms with Crippen LogP contribution < -0.4 is 15.4 Å². The third kappa shape index (κ3) is 3.93. The molecule has 2 heterocycles. The summed E-state index contributed by atoms with van der Waals surface area (Å²) in [6, 6.07) is 8.69. The Hall–Kier alpha value is -1.52. The number of nitrogens with zero attached hydrogens (tertiary/aromatic N) is 1. The van der Waals surface area contributed by atoms with E-state index in [9.17, 15) is 0 Å². The van der Waals surface area contributed by atoms with Crippen molar-refractivity contribution < 1.29 is 4.74 Å². The average molecular weight is 327 g/mol. The van der Waals surface area contributed by atoms with Crippen LogP contribution in [0.3, 0.4) is 0 Å². The molecule has 130 valence electrons. The zero-order valence-corrected chi connectivity index (χ0v) is 14.5. The Labute approximate surface area is 145 Å². The largest absolute Gasteiger partial charge is 0.493 e. The van der Waals surface area contributed by atoms with Crippen LogP contribution in [0.5, 0.6) is 5.75 Å². The lowest BCUT2D eigenvalue weighted by Crippen LogP contribution is -2.39. The lowest BCUT2D eigenvalue weighted by molar-refractivity contribution is 0.228. The van der Waals surface area contributed by atoms with Crippen LogP contribution >= 0.6 is 0 Å². The first-order valence-electron chi connectivity index (χ1n) is 9.46. The monoisotopic (exact) mass is 327 g/mol. The molecule has 0 radical (unpaired) electrons. The molecule has 4 rings (SSSR count). The Kier molecular flexibility index (Phi) is 5.04. The minimum atomic E-state index is 0.636. The molecule has 4 nitrogen and oxygen atoms in total. The van der Waals surface area contributed by atoms with E-state index < -0.39 is 0 Å². The minimum Gasteiger partial charge on any atom is -0.493 e. The zero-order chi connectivity index (χ0) is 16.2. The first-order chi connectivity index (χ1) is 11.9. The molecule has 2 N–H and O–H groups in total. The third-order valence-corrected chi connectivity index (χ3v) is 5.53. The number of nitrogens with one attached hydrogen (secondary N) is 2. The highest BCUT2D eigenvalue weighted by Gasteiger charge is 2.23. The Morgan fingerprint density at radius 1 is 1.21 bits per heavy atom. The van der Waals surface area contributed by atoms with Crippen molar-refractivity contribution in [3.63, 3.8) is 0 Å². The number of ether oxygens (including phenoxy) is 1. The lowest BCUT2D eigenvalue weighted by atomic mass is 9.87. The maximum Gasteiger partial charge on any atom is 0.119 e. The van der Waals surface area contributed by atoms with Crippen LogP contribution in [0.1, 0.15) is 37.7 Å². The number of hydrogen-bond donors (Lipinski definition) is 2. The second-order valence-corrected chi connectivity index (χ2v) is 7.41. The van der Waals surface area contributed by atoms with Crippen molar-refractivity contribution in [2.45, 2.75) is 38.6 Å². The van der Waals surface area contributed by atoms with E-state index in [1.807, 2.05) is 0 Å². The molecule has 0 saturated carbocycles. The molecule has 0 unspecified atom stereocenters. The Bertz CT molecular complexity index is 592. The van der Waals surface area contributed by atoms with Gasteiger partial charge in [0, 0.05) is 18.8 Å². The Balaban J connectivity index is 1.30. The second kappa shape index (κ2) is 7.58. The quantitative estimate of drug-likeness (QED) is 0.872. The van der Waals surface area contributed by atoms with Crippen LogP contribution in [0.4, 0.5) is 0 Å². The lowest BCUT2D eigenvalue weighted by Gasteiger charge is -2.31. The molecule has 2 aliphatic heterocycles. The Morgan fingerprint density at radius 3 is 3.04 bits per heavy atom. The first kappa shape index (κ1) is 16.0. The van der Waals surface area contributed by atoms with Crippen LogP contribution in [0.25, 0.3) is 0 Å². The number of hydrogen-bond acceptors (Lipinski definition) is 4. The summed E-state index contributed by atoms with van der Waals surface area (Å²) in [4.78, 5) is 2.54.